The minimum atomic E-state index is 0.529. The number of nitriles is 1. The molecule has 0 aliphatic carbocycles. The van der Waals surface area contributed by atoms with Crippen molar-refractivity contribution in [1.82, 2.24) is 14.7 Å². The van der Waals surface area contributed by atoms with Crippen molar-refractivity contribution in [3.8, 4) is 6.07 Å². The van der Waals surface area contributed by atoms with Gasteiger partial charge in [-0.3, -0.25) is 4.90 Å². The van der Waals surface area contributed by atoms with Crippen molar-refractivity contribution >= 4 is 22.5 Å². The van der Waals surface area contributed by atoms with Crippen LogP contribution in [0.3, 0.4) is 0 Å². The third-order valence-corrected chi connectivity index (χ3v) is 3.21. The standard InChI is InChI=1S/C13H15ClN4/c1-2-17(9-5-8-15)10-18-12-7-4-3-6-11(12)13(14)16-18/h3-4,6-7H,2,5,9-10H2,1H3. The Balaban J connectivity index is 2.23. The number of para-hydroxylation sites is 1. The van der Waals surface area contributed by atoms with Crippen molar-refractivity contribution in [1.29, 1.82) is 5.26 Å². The molecule has 0 bridgehead atoms. The van der Waals surface area contributed by atoms with Gasteiger partial charge in [-0.15, -0.1) is 0 Å². The van der Waals surface area contributed by atoms with Gasteiger partial charge in [0.2, 0.25) is 0 Å². The molecular formula is C13H15ClN4. The summed E-state index contributed by atoms with van der Waals surface area (Å²) < 4.78 is 1.89. The quantitative estimate of drug-likeness (QED) is 0.832. The highest BCUT2D eigenvalue weighted by Gasteiger charge is 2.10. The fourth-order valence-corrected chi connectivity index (χ4v) is 2.17. The van der Waals surface area contributed by atoms with Crippen LogP contribution in [0, 0.1) is 11.3 Å². The van der Waals surface area contributed by atoms with E-state index in [9.17, 15) is 0 Å². The molecule has 0 saturated carbocycles. The summed E-state index contributed by atoms with van der Waals surface area (Å²) in [5, 5.41) is 14.5. The summed E-state index contributed by atoms with van der Waals surface area (Å²) in [6.45, 7) is 4.36. The van der Waals surface area contributed by atoms with Gasteiger partial charge in [0.15, 0.2) is 5.15 Å². The van der Waals surface area contributed by atoms with Crippen LogP contribution in [0.2, 0.25) is 5.15 Å². The maximum absolute atomic E-state index is 8.63. The molecule has 0 atom stereocenters. The second-order valence-corrected chi connectivity index (χ2v) is 4.43. The van der Waals surface area contributed by atoms with Crippen LogP contribution in [0.1, 0.15) is 13.3 Å². The van der Waals surface area contributed by atoms with E-state index in [0.717, 1.165) is 24.0 Å². The van der Waals surface area contributed by atoms with Crippen LogP contribution < -0.4 is 0 Å². The maximum Gasteiger partial charge on any atom is 0.158 e. The predicted octanol–water partition coefficient (Wildman–Crippen LogP) is 2.88. The smallest absolute Gasteiger partial charge is 0.158 e. The van der Waals surface area contributed by atoms with E-state index < -0.39 is 0 Å². The molecule has 0 aliphatic rings. The SMILES string of the molecule is CCN(CCC#N)Cn1nc(Cl)c2ccccc21. The number of hydrogen-bond donors (Lipinski definition) is 0. The van der Waals surface area contributed by atoms with Crippen molar-refractivity contribution in [3.05, 3.63) is 29.4 Å². The molecule has 94 valence electrons. The third kappa shape index (κ3) is 2.63. The molecule has 0 fully saturated rings. The molecule has 0 unspecified atom stereocenters. The second-order valence-electron chi connectivity index (χ2n) is 4.07. The van der Waals surface area contributed by atoms with Crippen molar-refractivity contribution in [2.45, 2.75) is 20.0 Å². The van der Waals surface area contributed by atoms with Crippen molar-refractivity contribution in [3.63, 3.8) is 0 Å². The largest absolute Gasteiger partial charge is 0.284 e. The summed E-state index contributed by atoms with van der Waals surface area (Å²) in [6, 6.07) is 10.1. The van der Waals surface area contributed by atoms with Gasteiger partial charge in [0.1, 0.15) is 0 Å². The molecule has 0 aliphatic heterocycles. The lowest BCUT2D eigenvalue weighted by molar-refractivity contribution is 0.227. The fourth-order valence-electron chi connectivity index (χ4n) is 1.92. The van der Waals surface area contributed by atoms with Crippen LogP contribution in [0.5, 0.6) is 0 Å². The minimum Gasteiger partial charge on any atom is -0.284 e. The van der Waals surface area contributed by atoms with Crippen molar-refractivity contribution in [2.75, 3.05) is 13.1 Å². The molecule has 1 aromatic heterocycles. The Labute approximate surface area is 111 Å². The second kappa shape index (κ2) is 5.85. The highest BCUT2D eigenvalue weighted by atomic mass is 35.5. The average Bonchev–Trinajstić information content (AvgIpc) is 2.72. The Hall–Kier alpha value is -1.57. The molecular weight excluding hydrogens is 248 g/mol. The van der Waals surface area contributed by atoms with Crippen LogP contribution in [-0.2, 0) is 6.67 Å². The Bertz CT molecular complexity index is 570. The molecule has 0 amide bonds. The van der Waals surface area contributed by atoms with E-state index in [1.807, 2.05) is 28.9 Å². The number of aromatic nitrogens is 2. The molecule has 0 radical (unpaired) electrons. The molecule has 0 saturated heterocycles. The molecule has 0 spiro atoms. The summed E-state index contributed by atoms with van der Waals surface area (Å²) in [5.74, 6) is 0. The van der Waals surface area contributed by atoms with Gasteiger partial charge in [0, 0.05) is 18.4 Å². The number of fused-ring (bicyclic) bond motifs is 1. The number of nitrogens with zero attached hydrogens (tertiary/aromatic N) is 4. The van der Waals surface area contributed by atoms with Gasteiger partial charge in [0.05, 0.1) is 18.3 Å². The minimum absolute atomic E-state index is 0.529. The van der Waals surface area contributed by atoms with Gasteiger partial charge in [0.25, 0.3) is 0 Å². The Morgan fingerprint density at radius 3 is 2.94 bits per heavy atom. The van der Waals surface area contributed by atoms with E-state index in [4.69, 9.17) is 16.9 Å². The van der Waals surface area contributed by atoms with Gasteiger partial charge in [-0.25, -0.2) is 4.68 Å². The Kier molecular flexibility index (Phi) is 4.19. The van der Waals surface area contributed by atoms with E-state index in [1.165, 1.54) is 0 Å². The fraction of sp³-hybridized carbons (Fsp3) is 0.385. The summed E-state index contributed by atoms with van der Waals surface area (Å²) in [5.41, 5.74) is 1.03. The van der Waals surface area contributed by atoms with Crippen LogP contribution in [0.25, 0.3) is 10.9 Å². The average molecular weight is 263 g/mol. The topological polar surface area (TPSA) is 44.9 Å². The van der Waals surface area contributed by atoms with E-state index in [2.05, 4.69) is 23.0 Å². The highest BCUT2D eigenvalue weighted by Crippen LogP contribution is 2.22. The normalized spacial score (nSPS) is 11.0. The lowest BCUT2D eigenvalue weighted by Gasteiger charge is -2.19. The monoisotopic (exact) mass is 262 g/mol. The van der Waals surface area contributed by atoms with Crippen molar-refractivity contribution < 1.29 is 0 Å². The number of hydrogen-bond acceptors (Lipinski definition) is 3. The van der Waals surface area contributed by atoms with Crippen LogP contribution >= 0.6 is 11.6 Å². The molecule has 18 heavy (non-hydrogen) atoms. The molecule has 2 rings (SSSR count). The molecule has 1 heterocycles. The van der Waals surface area contributed by atoms with Crippen LogP contribution in [0.4, 0.5) is 0 Å². The summed E-state index contributed by atoms with van der Waals surface area (Å²) in [7, 11) is 0. The van der Waals surface area contributed by atoms with Gasteiger partial charge < -0.3 is 0 Å². The summed E-state index contributed by atoms with van der Waals surface area (Å²) in [6.07, 6.45) is 0.529. The maximum atomic E-state index is 8.63. The molecule has 0 N–H and O–H groups in total. The third-order valence-electron chi connectivity index (χ3n) is 2.93. The first-order chi connectivity index (χ1) is 8.76. The first-order valence-electron chi connectivity index (χ1n) is 5.96. The molecule has 1 aromatic carbocycles. The van der Waals surface area contributed by atoms with Crippen molar-refractivity contribution in [2.24, 2.45) is 0 Å². The lowest BCUT2D eigenvalue weighted by Crippen LogP contribution is -2.27. The van der Waals surface area contributed by atoms with Crippen LogP contribution in [-0.4, -0.2) is 27.8 Å². The Morgan fingerprint density at radius 2 is 2.22 bits per heavy atom. The van der Waals surface area contributed by atoms with Gasteiger partial charge in [-0.2, -0.15) is 10.4 Å². The number of benzene rings is 1. The first-order valence-corrected chi connectivity index (χ1v) is 6.34. The van der Waals surface area contributed by atoms with E-state index in [0.29, 0.717) is 18.2 Å². The summed E-state index contributed by atoms with van der Waals surface area (Å²) >= 11 is 6.11. The molecule has 2 aromatic rings. The Morgan fingerprint density at radius 1 is 1.44 bits per heavy atom. The lowest BCUT2D eigenvalue weighted by atomic mass is 10.2. The van der Waals surface area contributed by atoms with E-state index in [1.54, 1.807) is 0 Å². The molecule has 4 nitrogen and oxygen atoms in total. The van der Waals surface area contributed by atoms with Gasteiger partial charge >= 0.3 is 0 Å². The number of rotatable bonds is 5. The zero-order valence-corrected chi connectivity index (χ0v) is 11.1. The molecule has 5 heteroatoms. The zero-order valence-electron chi connectivity index (χ0n) is 10.3. The predicted molar refractivity (Wildman–Crippen MR) is 72.2 cm³/mol. The van der Waals surface area contributed by atoms with Gasteiger partial charge in [-0.05, 0) is 18.7 Å². The van der Waals surface area contributed by atoms with E-state index in [-0.39, 0.29) is 0 Å². The highest BCUT2D eigenvalue weighted by molar-refractivity contribution is 6.34. The number of halogens is 1. The van der Waals surface area contributed by atoms with E-state index >= 15 is 0 Å². The van der Waals surface area contributed by atoms with Gasteiger partial charge in [-0.1, -0.05) is 30.7 Å². The first kappa shape index (κ1) is 12.9. The zero-order chi connectivity index (χ0) is 13.0. The van der Waals surface area contributed by atoms with Crippen LogP contribution in [0.15, 0.2) is 24.3 Å². The summed E-state index contributed by atoms with van der Waals surface area (Å²) in [4.78, 5) is 2.17.